The van der Waals surface area contributed by atoms with E-state index in [1.807, 2.05) is 6.92 Å². The molecule has 16 heavy (non-hydrogen) atoms. The molecule has 0 aliphatic heterocycles. The second-order valence-corrected chi connectivity index (χ2v) is 3.12. The third-order valence-electron chi connectivity index (χ3n) is 1.89. The van der Waals surface area contributed by atoms with Crippen molar-refractivity contribution in [1.82, 2.24) is 9.78 Å². The average molecular weight is 224 g/mol. The summed E-state index contributed by atoms with van der Waals surface area (Å²) >= 11 is 0. The number of nitrogens with zero attached hydrogens (tertiary/aromatic N) is 2. The van der Waals surface area contributed by atoms with E-state index in [2.05, 4.69) is 10.4 Å². The number of nitrogens with one attached hydrogen (secondary N) is 1. The molecule has 1 aromatic heterocycles. The van der Waals surface area contributed by atoms with Crippen LogP contribution in [-0.2, 0) is 16.1 Å². The van der Waals surface area contributed by atoms with E-state index in [9.17, 15) is 14.4 Å². The highest BCUT2D eigenvalue weighted by Gasteiger charge is 2.17. The highest BCUT2D eigenvalue weighted by Crippen LogP contribution is 2.13. The van der Waals surface area contributed by atoms with Crippen molar-refractivity contribution in [2.45, 2.75) is 20.4 Å². The molecule has 0 saturated carbocycles. The molecule has 7 heteroatoms. The Labute approximate surface area is 91.6 Å². The highest BCUT2D eigenvalue weighted by molar-refractivity contribution is 6.40. The van der Waals surface area contributed by atoms with E-state index in [4.69, 9.17) is 5.73 Å². The zero-order valence-electron chi connectivity index (χ0n) is 8.98. The fourth-order valence-corrected chi connectivity index (χ4v) is 1.07. The van der Waals surface area contributed by atoms with Gasteiger partial charge in [-0.3, -0.25) is 19.1 Å². The number of Topliss-reactive ketones (excluding diaryl/α,β-unsaturated/α-hetero) is 1. The number of hydrogen-bond acceptors (Lipinski definition) is 4. The van der Waals surface area contributed by atoms with Crippen molar-refractivity contribution >= 4 is 23.3 Å². The van der Waals surface area contributed by atoms with Crippen LogP contribution in [0.2, 0.25) is 0 Å². The molecule has 0 aliphatic rings. The Morgan fingerprint density at radius 1 is 1.50 bits per heavy atom. The topological polar surface area (TPSA) is 107 Å². The summed E-state index contributed by atoms with van der Waals surface area (Å²) in [6.45, 7) is 3.47. The molecule has 0 spiro atoms. The van der Waals surface area contributed by atoms with E-state index in [-0.39, 0.29) is 11.4 Å². The normalized spacial score (nSPS) is 9.88. The van der Waals surface area contributed by atoms with Crippen molar-refractivity contribution in [3.63, 3.8) is 0 Å². The number of carbonyl (C=O) groups excluding carboxylic acids is 3. The molecule has 0 bridgehead atoms. The van der Waals surface area contributed by atoms with Gasteiger partial charge < -0.3 is 11.1 Å². The number of ketones is 1. The largest absolute Gasteiger partial charge is 0.364 e. The molecule has 1 heterocycles. The summed E-state index contributed by atoms with van der Waals surface area (Å²) in [7, 11) is 0. The predicted molar refractivity (Wildman–Crippen MR) is 55.7 cm³/mol. The standard InChI is InChI=1S/C9H12N4O3/c1-3-13-4-6(7(12-13)8(10)15)11-9(16)5(2)14/h4H,3H2,1-2H3,(H2,10,15)(H,11,16). The number of aromatic nitrogens is 2. The zero-order chi connectivity index (χ0) is 12.3. The van der Waals surface area contributed by atoms with Gasteiger partial charge in [-0.2, -0.15) is 5.10 Å². The summed E-state index contributed by atoms with van der Waals surface area (Å²) in [5.41, 5.74) is 5.17. The van der Waals surface area contributed by atoms with Crippen LogP contribution in [0.15, 0.2) is 6.20 Å². The highest BCUT2D eigenvalue weighted by atomic mass is 16.2. The molecule has 1 aromatic rings. The summed E-state index contributed by atoms with van der Waals surface area (Å²) in [5.74, 6) is -2.22. The number of nitrogens with two attached hydrogens (primary N) is 1. The van der Waals surface area contributed by atoms with Crippen molar-refractivity contribution in [2.24, 2.45) is 5.73 Å². The molecule has 86 valence electrons. The number of amides is 2. The van der Waals surface area contributed by atoms with Crippen molar-refractivity contribution < 1.29 is 14.4 Å². The summed E-state index contributed by atoms with van der Waals surface area (Å²) < 4.78 is 1.44. The van der Waals surface area contributed by atoms with E-state index in [0.29, 0.717) is 6.54 Å². The molecule has 1 rings (SSSR count). The zero-order valence-corrected chi connectivity index (χ0v) is 8.98. The van der Waals surface area contributed by atoms with Gasteiger partial charge in [-0.25, -0.2) is 0 Å². The minimum Gasteiger partial charge on any atom is -0.364 e. The number of anilines is 1. The van der Waals surface area contributed by atoms with Crippen LogP contribution < -0.4 is 11.1 Å². The van der Waals surface area contributed by atoms with Crippen LogP contribution in [0.25, 0.3) is 0 Å². The fraction of sp³-hybridized carbons (Fsp3) is 0.333. The number of rotatable bonds is 4. The van der Waals surface area contributed by atoms with E-state index in [1.165, 1.54) is 10.9 Å². The molecule has 2 amide bonds. The lowest BCUT2D eigenvalue weighted by atomic mass is 10.3. The van der Waals surface area contributed by atoms with E-state index < -0.39 is 17.6 Å². The first kappa shape index (κ1) is 11.9. The summed E-state index contributed by atoms with van der Waals surface area (Å²) in [6.07, 6.45) is 1.45. The number of carbonyl (C=O) groups is 3. The first-order valence-electron chi connectivity index (χ1n) is 4.64. The third kappa shape index (κ3) is 2.44. The van der Waals surface area contributed by atoms with Crippen molar-refractivity contribution in [1.29, 1.82) is 0 Å². The van der Waals surface area contributed by atoms with Gasteiger partial charge in [-0.05, 0) is 6.92 Å². The number of hydrogen-bond donors (Lipinski definition) is 2. The molecule has 3 N–H and O–H groups in total. The maximum atomic E-state index is 11.1. The maximum absolute atomic E-state index is 11.1. The Hall–Kier alpha value is -2.18. The quantitative estimate of drug-likeness (QED) is 0.674. The van der Waals surface area contributed by atoms with Crippen LogP contribution >= 0.6 is 0 Å². The van der Waals surface area contributed by atoms with Crippen LogP contribution in [0.4, 0.5) is 5.69 Å². The Bertz CT molecular complexity index is 450. The second-order valence-electron chi connectivity index (χ2n) is 3.12. The van der Waals surface area contributed by atoms with Gasteiger partial charge in [-0.1, -0.05) is 0 Å². The maximum Gasteiger partial charge on any atom is 0.291 e. The molecule has 0 aromatic carbocycles. The molecule has 0 saturated heterocycles. The fourth-order valence-electron chi connectivity index (χ4n) is 1.07. The Kier molecular flexibility index (Phi) is 3.39. The third-order valence-corrected chi connectivity index (χ3v) is 1.89. The average Bonchev–Trinajstić information content (AvgIpc) is 2.61. The van der Waals surface area contributed by atoms with Crippen LogP contribution in [0, 0.1) is 0 Å². The molecular weight excluding hydrogens is 212 g/mol. The van der Waals surface area contributed by atoms with Gasteiger partial charge in [0.15, 0.2) is 5.69 Å². The van der Waals surface area contributed by atoms with E-state index >= 15 is 0 Å². The van der Waals surface area contributed by atoms with E-state index in [1.54, 1.807) is 0 Å². The van der Waals surface area contributed by atoms with Crippen molar-refractivity contribution in [2.75, 3.05) is 5.32 Å². The van der Waals surface area contributed by atoms with Gasteiger partial charge in [0, 0.05) is 19.7 Å². The van der Waals surface area contributed by atoms with Crippen LogP contribution in [0.5, 0.6) is 0 Å². The Morgan fingerprint density at radius 2 is 2.12 bits per heavy atom. The monoisotopic (exact) mass is 224 g/mol. The number of primary amides is 1. The smallest absolute Gasteiger partial charge is 0.291 e. The van der Waals surface area contributed by atoms with Gasteiger partial charge in [0.05, 0.1) is 5.69 Å². The van der Waals surface area contributed by atoms with Gasteiger partial charge in [0.25, 0.3) is 11.8 Å². The predicted octanol–water partition coefficient (Wildman–Crippen LogP) is -0.471. The summed E-state index contributed by atoms with van der Waals surface area (Å²) in [4.78, 5) is 32.9. The molecule has 0 radical (unpaired) electrons. The van der Waals surface area contributed by atoms with Gasteiger partial charge in [0.1, 0.15) is 0 Å². The van der Waals surface area contributed by atoms with Gasteiger partial charge in [0.2, 0.25) is 5.78 Å². The molecule has 0 aliphatic carbocycles. The molecule has 0 fully saturated rings. The lowest BCUT2D eigenvalue weighted by molar-refractivity contribution is -0.133. The SMILES string of the molecule is CCn1cc(NC(=O)C(C)=O)c(C(N)=O)n1. The van der Waals surface area contributed by atoms with Gasteiger partial charge >= 0.3 is 0 Å². The molecule has 7 nitrogen and oxygen atoms in total. The number of aryl methyl sites for hydroxylation is 1. The Morgan fingerprint density at radius 3 is 2.56 bits per heavy atom. The van der Waals surface area contributed by atoms with Crippen LogP contribution in [0.3, 0.4) is 0 Å². The van der Waals surface area contributed by atoms with E-state index in [0.717, 1.165) is 6.92 Å². The molecule has 0 unspecified atom stereocenters. The summed E-state index contributed by atoms with van der Waals surface area (Å²) in [5, 5.41) is 6.13. The molecule has 0 atom stereocenters. The van der Waals surface area contributed by atoms with Crippen molar-refractivity contribution in [3.8, 4) is 0 Å². The molecular formula is C9H12N4O3. The minimum absolute atomic E-state index is 0.0588. The van der Waals surface area contributed by atoms with Gasteiger partial charge in [-0.15, -0.1) is 0 Å². The van der Waals surface area contributed by atoms with Crippen LogP contribution in [0.1, 0.15) is 24.3 Å². The second kappa shape index (κ2) is 4.56. The lowest BCUT2D eigenvalue weighted by Gasteiger charge is -1.99. The minimum atomic E-state index is -0.807. The first-order chi connectivity index (χ1) is 7.45. The summed E-state index contributed by atoms with van der Waals surface area (Å²) in [6, 6.07) is 0. The van der Waals surface area contributed by atoms with Crippen molar-refractivity contribution in [3.05, 3.63) is 11.9 Å². The van der Waals surface area contributed by atoms with Crippen LogP contribution in [-0.4, -0.2) is 27.4 Å². The first-order valence-corrected chi connectivity index (χ1v) is 4.64. The Balaban J connectivity index is 3.02. The lowest BCUT2D eigenvalue weighted by Crippen LogP contribution is -2.22.